The SMILES string of the molecule is CCNC(=O)Nc1cccc(C2OC(CSc3nnnn3-c3ccc(O)cc3)CC(c3ccc(CO)cc3)O2)c1. The highest BCUT2D eigenvalue weighted by Gasteiger charge is 2.33. The zero-order chi connectivity index (χ0) is 27.9. The number of thioether (sulfide) groups is 1. The van der Waals surface area contributed by atoms with Crippen LogP contribution in [0.3, 0.4) is 0 Å². The van der Waals surface area contributed by atoms with Gasteiger partial charge in [-0.15, -0.1) is 5.10 Å². The molecule has 1 saturated heterocycles. The van der Waals surface area contributed by atoms with Crippen molar-refractivity contribution in [2.24, 2.45) is 0 Å². The first kappa shape index (κ1) is 27.6. The highest BCUT2D eigenvalue weighted by Crippen LogP contribution is 2.39. The third-order valence-electron chi connectivity index (χ3n) is 6.30. The predicted molar refractivity (Wildman–Crippen MR) is 149 cm³/mol. The van der Waals surface area contributed by atoms with E-state index in [2.05, 4.69) is 26.2 Å². The Labute approximate surface area is 235 Å². The molecule has 11 nitrogen and oxygen atoms in total. The van der Waals surface area contributed by atoms with Crippen molar-refractivity contribution >= 4 is 23.5 Å². The van der Waals surface area contributed by atoms with Crippen LogP contribution in [0.1, 0.15) is 42.4 Å². The largest absolute Gasteiger partial charge is 0.508 e. The number of ether oxygens (including phenoxy) is 2. The maximum Gasteiger partial charge on any atom is 0.319 e. The maximum atomic E-state index is 12.0. The van der Waals surface area contributed by atoms with Crippen molar-refractivity contribution in [3.63, 3.8) is 0 Å². The normalized spacial score (nSPS) is 18.8. The molecule has 5 rings (SSSR count). The fourth-order valence-corrected chi connectivity index (χ4v) is 5.22. The van der Waals surface area contributed by atoms with Crippen molar-refractivity contribution in [1.29, 1.82) is 0 Å². The number of tetrazole rings is 1. The summed E-state index contributed by atoms with van der Waals surface area (Å²) in [4.78, 5) is 12.0. The Kier molecular flexibility index (Phi) is 8.91. The van der Waals surface area contributed by atoms with Crippen molar-refractivity contribution in [3.8, 4) is 11.4 Å². The van der Waals surface area contributed by atoms with E-state index >= 15 is 0 Å². The molecule has 0 bridgehead atoms. The van der Waals surface area contributed by atoms with Gasteiger partial charge in [-0.3, -0.25) is 0 Å². The quantitative estimate of drug-likeness (QED) is 0.219. The number of aliphatic hydroxyl groups is 1. The average molecular weight is 563 g/mol. The third kappa shape index (κ3) is 6.77. The molecule has 0 spiro atoms. The summed E-state index contributed by atoms with van der Waals surface area (Å²) in [6.45, 7) is 2.35. The number of hydrogen-bond donors (Lipinski definition) is 4. The molecule has 1 aromatic heterocycles. The van der Waals surface area contributed by atoms with Gasteiger partial charge >= 0.3 is 6.03 Å². The molecule has 3 atom stereocenters. The van der Waals surface area contributed by atoms with E-state index in [4.69, 9.17) is 9.47 Å². The number of aromatic hydroxyl groups is 1. The average Bonchev–Trinajstić information content (AvgIpc) is 3.45. The molecule has 3 unspecified atom stereocenters. The van der Waals surface area contributed by atoms with Gasteiger partial charge in [-0.25, -0.2) is 4.79 Å². The molecule has 1 fully saturated rings. The number of phenolic OH excluding ortho intramolecular Hbond substituents is 1. The van der Waals surface area contributed by atoms with Crippen LogP contribution in [0.5, 0.6) is 5.75 Å². The van der Waals surface area contributed by atoms with Crippen molar-refractivity contribution in [2.45, 2.75) is 43.6 Å². The van der Waals surface area contributed by atoms with Crippen LogP contribution in [-0.4, -0.2) is 54.9 Å². The number of rotatable bonds is 9. The maximum absolute atomic E-state index is 12.0. The topological polar surface area (TPSA) is 144 Å². The molecule has 0 aliphatic carbocycles. The Morgan fingerprint density at radius 2 is 1.88 bits per heavy atom. The summed E-state index contributed by atoms with van der Waals surface area (Å²) >= 11 is 1.46. The van der Waals surface area contributed by atoms with E-state index in [1.165, 1.54) is 11.8 Å². The van der Waals surface area contributed by atoms with Crippen LogP contribution in [0.15, 0.2) is 78.0 Å². The number of carbonyl (C=O) groups excluding carboxylic acids is 1. The molecule has 2 heterocycles. The smallest absolute Gasteiger partial charge is 0.319 e. The Bertz CT molecular complexity index is 1420. The molecule has 4 N–H and O–H groups in total. The molecule has 3 aromatic carbocycles. The number of amides is 2. The monoisotopic (exact) mass is 562 g/mol. The number of benzene rings is 3. The summed E-state index contributed by atoms with van der Waals surface area (Å²) < 4.78 is 14.4. The number of nitrogens with one attached hydrogen (secondary N) is 2. The highest BCUT2D eigenvalue weighted by atomic mass is 32.2. The van der Waals surface area contributed by atoms with Crippen molar-refractivity contribution in [3.05, 3.63) is 89.5 Å². The minimum atomic E-state index is -0.675. The number of aromatic nitrogens is 4. The zero-order valence-electron chi connectivity index (χ0n) is 21.8. The summed E-state index contributed by atoms with van der Waals surface area (Å²) in [6.07, 6.45) is -0.549. The molecule has 0 radical (unpaired) electrons. The van der Waals surface area contributed by atoms with Gasteiger partial charge in [0.15, 0.2) is 6.29 Å². The summed E-state index contributed by atoms with van der Waals surface area (Å²) in [7, 11) is 0. The van der Waals surface area contributed by atoms with Gasteiger partial charge in [0, 0.05) is 30.0 Å². The molecule has 0 saturated carbocycles. The lowest BCUT2D eigenvalue weighted by Crippen LogP contribution is -2.31. The minimum Gasteiger partial charge on any atom is -0.508 e. The fourth-order valence-electron chi connectivity index (χ4n) is 4.31. The Balaban J connectivity index is 1.35. The summed E-state index contributed by atoms with van der Waals surface area (Å²) in [5, 5.41) is 37.3. The van der Waals surface area contributed by atoms with Crippen molar-refractivity contribution in [2.75, 3.05) is 17.6 Å². The second kappa shape index (κ2) is 12.9. The molecular weight excluding hydrogens is 532 g/mol. The lowest BCUT2D eigenvalue weighted by Gasteiger charge is -2.36. The first-order valence-corrected chi connectivity index (χ1v) is 13.9. The zero-order valence-corrected chi connectivity index (χ0v) is 22.6. The number of hydrogen-bond acceptors (Lipinski definition) is 9. The van der Waals surface area contributed by atoms with E-state index in [0.29, 0.717) is 29.6 Å². The number of aliphatic hydroxyl groups excluding tert-OH is 1. The van der Waals surface area contributed by atoms with E-state index in [0.717, 1.165) is 22.4 Å². The van der Waals surface area contributed by atoms with Crippen molar-refractivity contribution in [1.82, 2.24) is 25.5 Å². The number of nitrogens with zero attached hydrogens (tertiary/aromatic N) is 4. The van der Waals surface area contributed by atoms with Crippen LogP contribution in [0.25, 0.3) is 5.69 Å². The highest BCUT2D eigenvalue weighted by molar-refractivity contribution is 7.99. The first-order valence-electron chi connectivity index (χ1n) is 12.9. The fraction of sp³-hybridized carbons (Fsp3) is 0.286. The Hall–Kier alpha value is -3.97. The van der Waals surface area contributed by atoms with Gasteiger partial charge in [-0.05, 0) is 64.9 Å². The van der Waals surface area contributed by atoms with E-state index in [1.807, 2.05) is 55.5 Å². The molecule has 2 amide bonds. The van der Waals surface area contributed by atoms with E-state index in [-0.39, 0.29) is 30.6 Å². The van der Waals surface area contributed by atoms with Gasteiger partial charge in [0.25, 0.3) is 0 Å². The summed E-state index contributed by atoms with van der Waals surface area (Å²) in [5.41, 5.74) is 3.93. The molecular formula is C28H30N6O5S. The Morgan fingerprint density at radius 3 is 2.62 bits per heavy atom. The van der Waals surface area contributed by atoms with Gasteiger partial charge in [0.2, 0.25) is 5.16 Å². The lowest BCUT2D eigenvalue weighted by atomic mass is 10.0. The first-order chi connectivity index (χ1) is 19.5. The number of urea groups is 1. The molecule has 208 valence electrons. The predicted octanol–water partition coefficient (Wildman–Crippen LogP) is 4.34. The molecule has 40 heavy (non-hydrogen) atoms. The van der Waals surface area contributed by atoms with E-state index < -0.39 is 6.29 Å². The van der Waals surface area contributed by atoms with Gasteiger partial charge in [0.05, 0.1) is 24.5 Å². The lowest BCUT2D eigenvalue weighted by molar-refractivity contribution is -0.245. The van der Waals surface area contributed by atoms with Crippen LogP contribution >= 0.6 is 11.8 Å². The summed E-state index contributed by atoms with van der Waals surface area (Å²) in [6, 6.07) is 21.4. The number of phenols is 1. The number of carbonyl (C=O) groups is 1. The second-order valence-corrected chi connectivity index (χ2v) is 10.1. The van der Waals surface area contributed by atoms with E-state index in [9.17, 15) is 15.0 Å². The van der Waals surface area contributed by atoms with Crippen LogP contribution in [0.2, 0.25) is 0 Å². The van der Waals surface area contributed by atoms with Gasteiger partial charge in [-0.2, -0.15) is 4.68 Å². The molecule has 1 aliphatic heterocycles. The second-order valence-electron chi connectivity index (χ2n) is 9.16. The van der Waals surface area contributed by atoms with Crippen LogP contribution in [0.4, 0.5) is 10.5 Å². The van der Waals surface area contributed by atoms with E-state index in [1.54, 1.807) is 28.9 Å². The minimum absolute atomic E-state index is 0.0298. The standard InChI is InChI=1S/C28H30N6O5S/c1-2-29-27(37)30-21-5-3-4-20(14-21)26-38-24(15-25(39-26)19-8-6-18(16-35)7-9-19)17-40-28-31-32-33-34(28)22-10-12-23(36)13-11-22/h3-14,24-26,35-36H,2,15-17H2,1H3,(H2,29,30,37). The van der Waals surface area contributed by atoms with Gasteiger partial charge < -0.3 is 30.3 Å². The van der Waals surface area contributed by atoms with Crippen LogP contribution in [-0.2, 0) is 16.1 Å². The Morgan fingerprint density at radius 1 is 1.07 bits per heavy atom. The van der Waals surface area contributed by atoms with Crippen molar-refractivity contribution < 1.29 is 24.5 Å². The molecule has 1 aliphatic rings. The van der Waals surface area contributed by atoms with Crippen LogP contribution in [0, 0.1) is 0 Å². The number of anilines is 1. The third-order valence-corrected chi connectivity index (χ3v) is 7.35. The summed E-state index contributed by atoms with van der Waals surface area (Å²) in [5.74, 6) is 0.719. The van der Waals surface area contributed by atoms with Gasteiger partial charge in [-0.1, -0.05) is 48.2 Å². The van der Waals surface area contributed by atoms with Crippen LogP contribution < -0.4 is 10.6 Å². The van der Waals surface area contributed by atoms with Gasteiger partial charge in [0.1, 0.15) is 5.75 Å². The molecule has 4 aromatic rings. The molecule has 12 heteroatoms.